The Morgan fingerprint density at radius 3 is 2.46 bits per heavy atom. The molecule has 28 heavy (non-hydrogen) atoms. The third-order valence-corrected chi connectivity index (χ3v) is 6.22. The molecule has 2 atom stereocenters. The normalized spacial score (nSPS) is 18.5. The van der Waals surface area contributed by atoms with Gasteiger partial charge in [-0.05, 0) is 40.2 Å². The van der Waals surface area contributed by atoms with Crippen LogP contribution < -0.4 is 0 Å². The molecule has 0 bridgehead atoms. The second kappa shape index (κ2) is 8.91. The number of hydrogen-bond acceptors (Lipinski definition) is 2. The zero-order chi connectivity index (χ0) is 20.1. The maximum Gasteiger partial charge on any atom is 0.321 e. The molecule has 0 aromatic heterocycles. The third-order valence-electron chi connectivity index (χ3n) is 6.22. The van der Waals surface area contributed by atoms with Crippen molar-refractivity contribution in [2.75, 3.05) is 13.7 Å². The molecule has 3 nitrogen and oxygen atoms in total. The van der Waals surface area contributed by atoms with Crippen molar-refractivity contribution in [3.8, 4) is 11.1 Å². The Balaban J connectivity index is 1.93. The average Bonchev–Trinajstić information content (AvgIpc) is 2.99. The van der Waals surface area contributed by atoms with E-state index in [0.717, 1.165) is 28.7 Å². The van der Waals surface area contributed by atoms with Gasteiger partial charge in [-0.3, -0.25) is 4.79 Å². The summed E-state index contributed by atoms with van der Waals surface area (Å²) in [6.45, 7) is 4.63. The highest BCUT2D eigenvalue weighted by Gasteiger charge is 2.49. The zero-order valence-corrected chi connectivity index (χ0v) is 17.3. The van der Waals surface area contributed by atoms with Gasteiger partial charge in [-0.2, -0.15) is 0 Å². The summed E-state index contributed by atoms with van der Waals surface area (Å²) in [5.41, 5.74) is 3.84. The van der Waals surface area contributed by atoms with Gasteiger partial charge in [-0.15, -0.1) is 0 Å². The molecular formula is C25H32O3. The molecule has 3 heteroatoms. The van der Waals surface area contributed by atoms with Crippen molar-refractivity contribution in [3.63, 3.8) is 0 Å². The maximum atomic E-state index is 12.5. The fraction of sp³-hybridized carbons (Fsp3) is 0.480. The monoisotopic (exact) mass is 380 g/mol. The molecule has 0 radical (unpaired) electrons. The molecule has 0 saturated carbocycles. The van der Waals surface area contributed by atoms with Crippen molar-refractivity contribution in [2.45, 2.75) is 63.7 Å². The van der Waals surface area contributed by atoms with E-state index in [2.05, 4.69) is 32.0 Å². The fourth-order valence-electron chi connectivity index (χ4n) is 4.58. The molecule has 1 N–H and O–H groups in total. The number of aliphatic carboxylic acids is 1. The topological polar surface area (TPSA) is 46.5 Å². The minimum absolute atomic E-state index is 0.140. The van der Waals surface area contributed by atoms with E-state index in [9.17, 15) is 9.90 Å². The first-order chi connectivity index (χ1) is 13.6. The van der Waals surface area contributed by atoms with Crippen molar-refractivity contribution < 1.29 is 14.6 Å². The Kier molecular flexibility index (Phi) is 6.56. The highest BCUT2D eigenvalue weighted by Crippen LogP contribution is 2.50. The van der Waals surface area contributed by atoms with Gasteiger partial charge in [-0.1, -0.05) is 88.4 Å². The summed E-state index contributed by atoms with van der Waals surface area (Å²) in [5.74, 6) is -0.422. The van der Waals surface area contributed by atoms with Crippen LogP contribution in [0.1, 0.15) is 75.0 Å². The average molecular weight is 381 g/mol. The number of methoxy groups -OCH3 is 1. The molecule has 150 valence electrons. The highest BCUT2D eigenvalue weighted by atomic mass is 16.5. The predicted octanol–water partition coefficient (Wildman–Crippen LogP) is 6.15. The minimum Gasteiger partial charge on any atom is -0.480 e. The SMILES string of the molecule is CCCCCCCC(C)c1ccc2c(c1)C(COC)(C(=O)O)c1ccccc1-2. The van der Waals surface area contributed by atoms with E-state index in [1.807, 2.05) is 24.3 Å². The van der Waals surface area contributed by atoms with Gasteiger partial charge < -0.3 is 9.84 Å². The molecule has 2 aromatic rings. The summed E-state index contributed by atoms with van der Waals surface area (Å²) >= 11 is 0. The summed E-state index contributed by atoms with van der Waals surface area (Å²) in [4.78, 5) is 12.5. The van der Waals surface area contributed by atoms with Gasteiger partial charge in [-0.25, -0.2) is 0 Å². The van der Waals surface area contributed by atoms with Gasteiger partial charge >= 0.3 is 5.97 Å². The molecule has 2 unspecified atom stereocenters. The number of carboxylic acid groups (broad SMARTS) is 1. The summed E-state index contributed by atoms with van der Waals surface area (Å²) in [6, 6.07) is 14.2. The zero-order valence-electron chi connectivity index (χ0n) is 17.3. The number of rotatable bonds is 10. The first-order valence-electron chi connectivity index (χ1n) is 10.5. The van der Waals surface area contributed by atoms with E-state index in [-0.39, 0.29) is 6.61 Å². The molecule has 0 fully saturated rings. The van der Waals surface area contributed by atoms with Crippen LogP contribution in [0.5, 0.6) is 0 Å². The van der Waals surface area contributed by atoms with Crippen LogP contribution >= 0.6 is 0 Å². The van der Waals surface area contributed by atoms with Crippen LogP contribution in [0.3, 0.4) is 0 Å². The van der Waals surface area contributed by atoms with Crippen molar-refractivity contribution in [1.29, 1.82) is 0 Å². The van der Waals surface area contributed by atoms with E-state index in [4.69, 9.17) is 4.74 Å². The van der Waals surface area contributed by atoms with Crippen LogP contribution in [0.15, 0.2) is 42.5 Å². The molecule has 0 aliphatic heterocycles. The number of benzene rings is 2. The van der Waals surface area contributed by atoms with Crippen molar-refractivity contribution in [1.82, 2.24) is 0 Å². The second-order valence-electron chi connectivity index (χ2n) is 8.10. The number of ether oxygens (including phenoxy) is 1. The van der Waals surface area contributed by atoms with Gasteiger partial charge in [0.1, 0.15) is 5.41 Å². The fourth-order valence-corrected chi connectivity index (χ4v) is 4.58. The molecule has 3 rings (SSSR count). The molecule has 1 aliphatic rings. The summed E-state index contributed by atoms with van der Waals surface area (Å²) in [6.07, 6.45) is 7.51. The second-order valence-corrected chi connectivity index (χ2v) is 8.10. The molecule has 2 aromatic carbocycles. The lowest BCUT2D eigenvalue weighted by Gasteiger charge is -2.27. The van der Waals surface area contributed by atoms with Gasteiger partial charge in [0.05, 0.1) is 6.61 Å². The van der Waals surface area contributed by atoms with Gasteiger partial charge in [0.15, 0.2) is 0 Å². The van der Waals surface area contributed by atoms with E-state index < -0.39 is 11.4 Å². The number of unbranched alkanes of at least 4 members (excludes halogenated alkanes) is 4. The van der Waals surface area contributed by atoms with Crippen molar-refractivity contribution in [3.05, 3.63) is 59.2 Å². The predicted molar refractivity (Wildman–Crippen MR) is 114 cm³/mol. The summed E-state index contributed by atoms with van der Waals surface area (Å²) in [5, 5.41) is 10.3. The van der Waals surface area contributed by atoms with Crippen LogP contribution in [0.4, 0.5) is 0 Å². The lowest BCUT2D eigenvalue weighted by molar-refractivity contribution is -0.143. The summed E-state index contributed by atoms with van der Waals surface area (Å²) < 4.78 is 5.43. The quantitative estimate of drug-likeness (QED) is 0.503. The van der Waals surface area contributed by atoms with E-state index in [1.165, 1.54) is 37.7 Å². The highest BCUT2D eigenvalue weighted by molar-refractivity contribution is 5.97. The van der Waals surface area contributed by atoms with Crippen LogP contribution in [0.2, 0.25) is 0 Å². The number of carbonyl (C=O) groups is 1. The molecule has 1 aliphatic carbocycles. The van der Waals surface area contributed by atoms with E-state index in [0.29, 0.717) is 5.92 Å². The Hall–Kier alpha value is -2.13. The van der Waals surface area contributed by atoms with Gasteiger partial charge in [0, 0.05) is 7.11 Å². The van der Waals surface area contributed by atoms with Crippen LogP contribution in [-0.4, -0.2) is 24.8 Å². The summed E-state index contributed by atoms with van der Waals surface area (Å²) in [7, 11) is 1.58. The Labute approximate surface area is 168 Å². The lowest BCUT2D eigenvalue weighted by atomic mass is 9.77. The lowest BCUT2D eigenvalue weighted by Crippen LogP contribution is -2.39. The van der Waals surface area contributed by atoms with E-state index in [1.54, 1.807) is 7.11 Å². The first-order valence-corrected chi connectivity index (χ1v) is 10.5. The number of carboxylic acids is 1. The van der Waals surface area contributed by atoms with Crippen LogP contribution in [0.25, 0.3) is 11.1 Å². The Morgan fingerprint density at radius 2 is 1.75 bits per heavy atom. The smallest absolute Gasteiger partial charge is 0.321 e. The van der Waals surface area contributed by atoms with Gasteiger partial charge in [0.25, 0.3) is 0 Å². The standard InChI is InChI=1S/C25H32O3/c1-4-5-6-7-8-11-18(2)19-14-15-21-20-12-9-10-13-22(20)25(17-28-3,24(26)27)23(21)16-19/h9-10,12-16,18H,4-8,11,17H2,1-3H3,(H,26,27). The van der Waals surface area contributed by atoms with Gasteiger partial charge in [0.2, 0.25) is 0 Å². The van der Waals surface area contributed by atoms with Crippen molar-refractivity contribution >= 4 is 5.97 Å². The minimum atomic E-state index is -1.13. The molecular weight excluding hydrogens is 348 g/mol. The Bertz CT molecular complexity index is 826. The molecule has 0 spiro atoms. The molecule has 0 saturated heterocycles. The molecule has 0 heterocycles. The van der Waals surface area contributed by atoms with Crippen molar-refractivity contribution in [2.24, 2.45) is 0 Å². The van der Waals surface area contributed by atoms with E-state index >= 15 is 0 Å². The third kappa shape index (κ3) is 3.60. The number of fused-ring (bicyclic) bond motifs is 3. The van der Waals surface area contributed by atoms with Crippen LogP contribution in [-0.2, 0) is 14.9 Å². The number of hydrogen-bond donors (Lipinski definition) is 1. The Morgan fingerprint density at radius 1 is 1.04 bits per heavy atom. The largest absolute Gasteiger partial charge is 0.480 e. The van der Waals surface area contributed by atoms with Crippen LogP contribution in [0, 0.1) is 0 Å². The maximum absolute atomic E-state index is 12.5. The first kappa shape index (κ1) is 20.6. The molecule has 0 amide bonds.